The van der Waals surface area contributed by atoms with E-state index in [1.807, 2.05) is 62.4 Å². The minimum Gasteiger partial charge on any atom is -0.497 e. The fraction of sp³-hybridized carbons (Fsp3) is 0.182. The summed E-state index contributed by atoms with van der Waals surface area (Å²) in [6, 6.07) is 17.4. The molecule has 27 heavy (non-hydrogen) atoms. The fourth-order valence-electron chi connectivity index (χ4n) is 2.72. The molecule has 1 aromatic heterocycles. The molecule has 5 nitrogen and oxygen atoms in total. The van der Waals surface area contributed by atoms with Gasteiger partial charge in [0.1, 0.15) is 11.4 Å². The molecule has 0 aliphatic carbocycles. The van der Waals surface area contributed by atoms with E-state index in [2.05, 4.69) is 15.6 Å². The first-order valence-corrected chi connectivity index (χ1v) is 8.76. The van der Waals surface area contributed by atoms with E-state index in [1.54, 1.807) is 19.4 Å². The maximum atomic E-state index is 12.4. The molecule has 2 aromatic carbocycles. The number of hydrogen-bond acceptors (Lipinski definition) is 4. The number of aromatic nitrogens is 1. The lowest BCUT2D eigenvalue weighted by atomic mass is 10.1. The highest BCUT2D eigenvalue weighted by Crippen LogP contribution is 2.17. The molecule has 3 rings (SSSR count). The number of methoxy groups -OCH3 is 1. The Labute approximate surface area is 159 Å². The molecule has 1 amide bonds. The van der Waals surface area contributed by atoms with Gasteiger partial charge in [-0.3, -0.25) is 4.79 Å². The summed E-state index contributed by atoms with van der Waals surface area (Å²) in [7, 11) is 1.65. The molecule has 138 valence electrons. The summed E-state index contributed by atoms with van der Waals surface area (Å²) in [5.41, 5.74) is 5.36. The predicted octanol–water partition coefficient (Wildman–Crippen LogP) is 4.57. The molecule has 5 heteroatoms. The first kappa shape index (κ1) is 18.5. The number of benzene rings is 2. The van der Waals surface area contributed by atoms with Gasteiger partial charge in [0.15, 0.2) is 0 Å². The van der Waals surface area contributed by atoms with Crippen LogP contribution in [0.5, 0.6) is 5.75 Å². The summed E-state index contributed by atoms with van der Waals surface area (Å²) in [5, 5.41) is 6.20. The molecule has 0 aliphatic heterocycles. The van der Waals surface area contributed by atoms with Gasteiger partial charge in [0, 0.05) is 12.2 Å². The highest BCUT2D eigenvalue weighted by atomic mass is 16.5. The Morgan fingerprint density at radius 2 is 1.81 bits per heavy atom. The van der Waals surface area contributed by atoms with Crippen LogP contribution in [0.25, 0.3) is 0 Å². The van der Waals surface area contributed by atoms with Crippen LogP contribution in [0.4, 0.5) is 11.4 Å². The Kier molecular flexibility index (Phi) is 5.71. The molecular weight excluding hydrogens is 338 g/mol. The van der Waals surface area contributed by atoms with Crippen LogP contribution in [-0.4, -0.2) is 18.0 Å². The molecule has 1 heterocycles. The second-order valence-electron chi connectivity index (χ2n) is 6.41. The van der Waals surface area contributed by atoms with Crippen molar-refractivity contribution < 1.29 is 9.53 Å². The third-order valence-corrected chi connectivity index (χ3v) is 4.28. The van der Waals surface area contributed by atoms with Crippen molar-refractivity contribution >= 4 is 17.3 Å². The molecule has 0 fully saturated rings. The third-order valence-electron chi connectivity index (χ3n) is 4.28. The zero-order valence-electron chi connectivity index (χ0n) is 15.7. The van der Waals surface area contributed by atoms with E-state index in [9.17, 15) is 4.79 Å². The number of rotatable bonds is 6. The van der Waals surface area contributed by atoms with Gasteiger partial charge in [0.05, 0.1) is 19.0 Å². The van der Waals surface area contributed by atoms with E-state index in [0.29, 0.717) is 12.2 Å². The molecule has 0 radical (unpaired) electrons. The largest absolute Gasteiger partial charge is 0.497 e. The van der Waals surface area contributed by atoms with E-state index >= 15 is 0 Å². The lowest BCUT2D eigenvalue weighted by Crippen LogP contribution is -2.14. The van der Waals surface area contributed by atoms with E-state index in [4.69, 9.17) is 4.74 Å². The van der Waals surface area contributed by atoms with Crippen LogP contribution in [0, 0.1) is 13.8 Å². The summed E-state index contributed by atoms with van der Waals surface area (Å²) in [5.74, 6) is 0.614. The van der Waals surface area contributed by atoms with Crippen LogP contribution in [0.1, 0.15) is 27.2 Å². The van der Waals surface area contributed by atoms with Crippen LogP contribution in [0.15, 0.2) is 60.8 Å². The highest BCUT2D eigenvalue weighted by Gasteiger charge is 2.09. The number of amides is 1. The van der Waals surface area contributed by atoms with E-state index in [0.717, 1.165) is 33.8 Å². The first-order chi connectivity index (χ1) is 13.0. The number of carbonyl (C=O) groups excluding carboxylic acids is 1. The van der Waals surface area contributed by atoms with Crippen molar-refractivity contribution in [2.45, 2.75) is 20.4 Å². The van der Waals surface area contributed by atoms with Crippen LogP contribution in [0.3, 0.4) is 0 Å². The fourth-order valence-corrected chi connectivity index (χ4v) is 2.72. The maximum absolute atomic E-state index is 12.4. The minimum absolute atomic E-state index is 0.219. The van der Waals surface area contributed by atoms with Crippen LogP contribution >= 0.6 is 0 Å². The summed E-state index contributed by atoms with van der Waals surface area (Å²) in [4.78, 5) is 16.7. The highest BCUT2D eigenvalue weighted by molar-refractivity contribution is 6.03. The minimum atomic E-state index is -0.219. The van der Waals surface area contributed by atoms with Gasteiger partial charge >= 0.3 is 0 Å². The second kappa shape index (κ2) is 8.36. The first-order valence-electron chi connectivity index (χ1n) is 8.76. The maximum Gasteiger partial charge on any atom is 0.274 e. The Morgan fingerprint density at radius 3 is 2.44 bits per heavy atom. The standard InChI is InChI=1S/C22H23N3O2/c1-15-4-10-20(16(2)12-15)25-22(26)21-11-7-18(14-24-21)23-13-17-5-8-19(27-3)9-6-17/h4-12,14,23H,13H2,1-3H3,(H,25,26). The van der Waals surface area contributed by atoms with Gasteiger partial charge in [0.25, 0.3) is 5.91 Å². The molecule has 3 aromatic rings. The lowest BCUT2D eigenvalue weighted by Gasteiger charge is -2.10. The summed E-state index contributed by atoms with van der Waals surface area (Å²) in [6.45, 7) is 4.67. The molecule has 0 atom stereocenters. The van der Waals surface area contributed by atoms with Crippen molar-refractivity contribution in [1.82, 2.24) is 4.98 Å². The van der Waals surface area contributed by atoms with Crippen LogP contribution in [0.2, 0.25) is 0 Å². The number of ether oxygens (including phenoxy) is 1. The molecular formula is C22H23N3O2. The van der Waals surface area contributed by atoms with Crippen molar-refractivity contribution in [2.75, 3.05) is 17.7 Å². The number of nitrogens with zero attached hydrogens (tertiary/aromatic N) is 1. The van der Waals surface area contributed by atoms with Crippen molar-refractivity contribution in [1.29, 1.82) is 0 Å². The van der Waals surface area contributed by atoms with Gasteiger partial charge in [-0.1, -0.05) is 29.8 Å². The molecule has 0 bridgehead atoms. The smallest absolute Gasteiger partial charge is 0.274 e. The summed E-state index contributed by atoms with van der Waals surface area (Å²) in [6.07, 6.45) is 1.67. The van der Waals surface area contributed by atoms with Crippen LogP contribution in [-0.2, 0) is 6.54 Å². The van der Waals surface area contributed by atoms with Crippen molar-refractivity contribution in [3.05, 3.63) is 83.2 Å². The quantitative estimate of drug-likeness (QED) is 0.675. The number of carbonyl (C=O) groups is 1. The molecule has 0 saturated carbocycles. The number of aryl methyl sites for hydroxylation is 2. The molecule has 2 N–H and O–H groups in total. The van der Waals surface area contributed by atoms with Gasteiger partial charge in [-0.2, -0.15) is 0 Å². The van der Waals surface area contributed by atoms with Crippen LogP contribution < -0.4 is 15.4 Å². The summed E-state index contributed by atoms with van der Waals surface area (Å²) < 4.78 is 5.15. The monoisotopic (exact) mass is 361 g/mol. The SMILES string of the molecule is COc1ccc(CNc2ccc(C(=O)Nc3ccc(C)cc3C)nc2)cc1. The molecule has 0 aliphatic rings. The average molecular weight is 361 g/mol. The Morgan fingerprint density at radius 1 is 1.04 bits per heavy atom. The van der Waals surface area contributed by atoms with Crippen molar-refractivity contribution in [2.24, 2.45) is 0 Å². The second-order valence-corrected chi connectivity index (χ2v) is 6.41. The van der Waals surface area contributed by atoms with E-state index in [1.165, 1.54) is 0 Å². The number of pyridine rings is 1. The Bertz CT molecular complexity index is 919. The van der Waals surface area contributed by atoms with E-state index in [-0.39, 0.29) is 5.91 Å². The molecule has 0 unspecified atom stereocenters. The van der Waals surface area contributed by atoms with Gasteiger partial charge < -0.3 is 15.4 Å². The zero-order chi connectivity index (χ0) is 19.2. The number of anilines is 2. The van der Waals surface area contributed by atoms with Crippen molar-refractivity contribution in [3.63, 3.8) is 0 Å². The Balaban J connectivity index is 1.59. The number of hydrogen-bond donors (Lipinski definition) is 2. The third kappa shape index (κ3) is 4.85. The normalized spacial score (nSPS) is 10.3. The summed E-state index contributed by atoms with van der Waals surface area (Å²) >= 11 is 0. The lowest BCUT2D eigenvalue weighted by molar-refractivity contribution is 0.102. The zero-order valence-corrected chi connectivity index (χ0v) is 15.7. The van der Waals surface area contributed by atoms with Gasteiger partial charge in [-0.15, -0.1) is 0 Å². The van der Waals surface area contributed by atoms with Crippen molar-refractivity contribution in [3.8, 4) is 5.75 Å². The van der Waals surface area contributed by atoms with Gasteiger partial charge in [-0.25, -0.2) is 4.98 Å². The van der Waals surface area contributed by atoms with Gasteiger partial charge in [-0.05, 0) is 55.3 Å². The Hall–Kier alpha value is -3.34. The molecule has 0 saturated heterocycles. The number of nitrogens with one attached hydrogen (secondary N) is 2. The molecule has 0 spiro atoms. The topological polar surface area (TPSA) is 63.2 Å². The van der Waals surface area contributed by atoms with E-state index < -0.39 is 0 Å². The van der Waals surface area contributed by atoms with Gasteiger partial charge in [0.2, 0.25) is 0 Å². The predicted molar refractivity (Wildman–Crippen MR) is 108 cm³/mol. The average Bonchev–Trinajstić information content (AvgIpc) is 2.69.